The van der Waals surface area contributed by atoms with Crippen molar-refractivity contribution < 1.29 is 9.47 Å². The second-order valence-corrected chi connectivity index (χ2v) is 5.55. The molecule has 2 aromatic carbocycles. The van der Waals surface area contributed by atoms with Gasteiger partial charge < -0.3 is 20.5 Å². The predicted octanol–water partition coefficient (Wildman–Crippen LogP) is 4.31. The molecule has 0 saturated carbocycles. The topological polar surface area (TPSA) is 68.9 Å². The molecule has 0 radical (unpaired) electrons. The Morgan fingerprint density at radius 1 is 1.12 bits per heavy atom. The highest BCUT2D eigenvalue weighted by Gasteiger charge is 2.04. The lowest BCUT2D eigenvalue weighted by atomic mass is 10.2. The van der Waals surface area contributed by atoms with E-state index in [1.54, 1.807) is 7.11 Å². The highest BCUT2D eigenvalue weighted by atomic mass is 127. The van der Waals surface area contributed by atoms with Crippen molar-refractivity contribution in [2.45, 2.75) is 32.9 Å². The lowest BCUT2D eigenvalue weighted by Gasteiger charge is -2.12. The van der Waals surface area contributed by atoms with Crippen LogP contribution in [0, 0.1) is 0 Å². The van der Waals surface area contributed by atoms with E-state index in [9.17, 15) is 0 Å². The van der Waals surface area contributed by atoms with Crippen LogP contribution < -0.4 is 20.5 Å². The zero-order chi connectivity index (χ0) is 17.4. The molecule has 0 spiro atoms. The Morgan fingerprint density at radius 2 is 1.76 bits per heavy atom. The molecule has 0 aliphatic carbocycles. The number of methoxy groups -OCH3 is 1. The molecule has 2 aromatic rings. The minimum Gasteiger partial charge on any atom is -0.493 e. The van der Waals surface area contributed by atoms with Crippen LogP contribution in [0.15, 0.2) is 53.5 Å². The van der Waals surface area contributed by atoms with Crippen molar-refractivity contribution in [2.24, 2.45) is 10.7 Å². The SMILES string of the molecule is CCC(C)NC(N)=NCc1ccc(Oc2ccccc2OC)cc1.I. The summed E-state index contributed by atoms with van der Waals surface area (Å²) in [6.07, 6.45) is 1.01. The van der Waals surface area contributed by atoms with Crippen LogP contribution in [0.25, 0.3) is 0 Å². The lowest BCUT2D eigenvalue weighted by molar-refractivity contribution is 0.379. The molecule has 0 aromatic heterocycles. The van der Waals surface area contributed by atoms with Gasteiger partial charge in [-0.05, 0) is 43.2 Å². The average molecular weight is 455 g/mol. The van der Waals surface area contributed by atoms with E-state index < -0.39 is 0 Å². The number of ether oxygens (including phenoxy) is 2. The molecule has 25 heavy (non-hydrogen) atoms. The van der Waals surface area contributed by atoms with Gasteiger partial charge in [0.25, 0.3) is 0 Å². The molecule has 2 rings (SSSR count). The number of para-hydroxylation sites is 2. The van der Waals surface area contributed by atoms with E-state index in [1.165, 1.54) is 0 Å². The number of benzene rings is 2. The molecule has 1 atom stereocenters. The Labute approximate surface area is 166 Å². The minimum atomic E-state index is 0. The van der Waals surface area contributed by atoms with Gasteiger partial charge in [0.15, 0.2) is 17.5 Å². The maximum absolute atomic E-state index is 5.86. The summed E-state index contributed by atoms with van der Waals surface area (Å²) in [5.74, 6) is 2.61. The van der Waals surface area contributed by atoms with Crippen molar-refractivity contribution in [2.75, 3.05) is 7.11 Å². The fourth-order valence-corrected chi connectivity index (χ4v) is 2.07. The summed E-state index contributed by atoms with van der Waals surface area (Å²) in [6.45, 7) is 4.71. The molecule has 0 heterocycles. The second kappa shape index (κ2) is 10.8. The fourth-order valence-electron chi connectivity index (χ4n) is 2.07. The van der Waals surface area contributed by atoms with Crippen molar-refractivity contribution in [1.82, 2.24) is 5.32 Å². The second-order valence-electron chi connectivity index (χ2n) is 5.55. The number of rotatable bonds is 7. The Morgan fingerprint density at radius 3 is 2.36 bits per heavy atom. The molecular formula is C19H26IN3O2. The molecule has 0 bridgehead atoms. The largest absolute Gasteiger partial charge is 0.493 e. The average Bonchev–Trinajstić information content (AvgIpc) is 2.61. The van der Waals surface area contributed by atoms with E-state index >= 15 is 0 Å². The standard InChI is InChI=1S/C19H25N3O2.HI/c1-4-14(2)22-19(20)21-13-15-9-11-16(12-10-15)24-18-8-6-5-7-17(18)23-3;/h5-12,14H,4,13H2,1-3H3,(H3,20,21,22);1H. The zero-order valence-corrected chi connectivity index (χ0v) is 17.2. The number of halogens is 1. The first-order valence-corrected chi connectivity index (χ1v) is 8.08. The minimum absolute atomic E-state index is 0. The summed E-state index contributed by atoms with van der Waals surface area (Å²) in [5, 5.41) is 3.15. The van der Waals surface area contributed by atoms with Crippen LogP contribution >= 0.6 is 24.0 Å². The number of nitrogens with two attached hydrogens (primary N) is 1. The number of nitrogens with one attached hydrogen (secondary N) is 1. The molecule has 3 N–H and O–H groups in total. The monoisotopic (exact) mass is 455 g/mol. The van der Waals surface area contributed by atoms with Crippen molar-refractivity contribution >= 4 is 29.9 Å². The summed E-state index contributed by atoms with van der Waals surface area (Å²) in [5.41, 5.74) is 6.93. The van der Waals surface area contributed by atoms with E-state index in [4.69, 9.17) is 15.2 Å². The van der Waals surface area contributed by atoms with Crippen LogP contribution in [0.1, 0.15) is 25.8 Å². The van der Waals surface area contributed by atoms with Crippen LogP contribution in [0.5, 0.6) is 17.2 Å². The molecule has 0 saturated heterocycles. The number of aliphatic imine (C=N–C) groups is 1. The van der Waals surface area contributed by atoms with Crippen LogP contribution in [0.4, 0.5) is 0 Å². The molecule has 6 heteroatoms. The van der Waals surface area contributed by atoms with Crippen LogP contribution in [-0.4, -0.2) is 19.1 Å². The van der Waals surface area contributed by atoms with E-state index in [-0.39, 0.29) is 24.0 Å². The van der Waals surface area contributed by atoms with Gasteiger partial charge in [0.1, 0.15) is 5.75 Å². The third-order valence-electron chi connectivity index (χ3n) is 3.66. The summed E-state index contributed by atoms with van der Waals surface area (Å²) >= 11 is 0. The molecule has 0 aliphatic rings. The van der Waals surface area contributed by atoms with Crippen molar-refractivity contribution in [1.29, 1.82) is 0 Å². The van der Waals surface area contributed by atoms with Gasteiger partial charge in [-0.15, -0.1) is 24.0 Å². The third-order valence-corrected chi connectivity index (χ3v) is 3.66. The van der Waals surface area contributed by atoms with E-state index in [0.29, 0.717) is 30.0 Å². The Balaban J connectivity index is 0.00000312. The first kappa shape index (κ1) is 21.1. The van der Waals surface area contributed by atoms with E-state index in [1.807, 2.05) is 48.5 Å². The first-order chi connectivity index (χ1) is 11.6. The van der Waals surface area contributed by atoms with Crippen molar-refractivity contribution in [3.8, 4) is 17.2 Å². The highest BCUT2D eigenvalue weighted by Crippen LogP contribution is 2.30. The molecule has 0 amide bonds. The third kappa shape index (κ3) is 6.81. The zero-order valence-electron chi connectivity index (χ0n) is 14.9. The van der Waals surface area contributed by atoms with Gasteiger partial charge in [0.05, 0.1) is 13.7 Å². The maximum Gasteiger partial charge on any atom is 0.189 e. The number of hydrogen-bond donors (Lipinski definition) is 2. The number of nitrogens with zero attached hydrogens (tertiary/aromatic N) is 1. The van der Waals surface area contributed by atoms with Gasteiger partial charge in [0, 0.05) is 6.04 Å². The highest BCUT2D eigenvalue weighted by molar-refractivity contribution is 14.0. The van der Waals surface area contributed by atoms with Gasteiger partial charge >= 0.3 is 0 Å². The number of hydrogen-bond acceptors (Lipinski definition) is 3. The van der Waals surface area contributed by atoms with Gasteiger partial charge in [-0.3, -0.25) is 0 Å². The molecular weight excluding hydrogens is 429 g/mol. The summed E-state index contributed by atoms with van der Waals surface area (Å²) in [4.78, 5) is 4.35. The van der Waals surface area contributed by atoms with Crippen molar-refractivity contribution in [3.63, 3.8) is 0 Å². The van der Waals surface area contributed by atoms with Gasteiger partial charge in [-0.1, -0.05) is 31.2 Å². The maximum atomic E-state index is 5.86. The van der Waals surface area contributed by atoms with Crippen LogP contribution in [-0.2, 0) is 6.54 Å². The fraction of sp³-hybridized carbons (Fsp3) is 0.316. The smallest absolute Gasteiger partial charge is 0.189 e. The van der Waals surface area contributed by atoms with E-state index in [0.717, 1.165) is 17.7 Å². The quantitative estimate of drug-likeness (QED) is 0.371. The Hall–Kier alpha value is -1.96. The lowest BCUT2D eigenvalue weighted by Crippen LogP contribution is -2.38. The van der Waals surface area contributed by atoms with E-state index in [2.05, 4.69) is 24.2 Å². The Kier molecular flexibility index (Phi) is 9.12. The van der Waals surface area contributed by atoms with Gasteiger partial charge in [-0.2, -0.15) is 0 Å². The van der Waals surface area contributed by atoms with Gasteiger partial charge in [-0.25, -0.2) is 4.99 Å². The van der Waals surface area contributed by atoms with Crippen LogP contribution in [0.3, 0.4) is 0 Å². The molecule has 136 valence electrons. The number of guanidine groups is 1. The summed E-state index contributed by atoms with van der Waals surface area (Å²) < 4.78 is 11.1. The Bertz CT molecular complexity index is 675. The predicted molar refractivity (Wildman–Crippen MR) is 113 cm³/mol. The van der Waals surface area contributed by atoms with Gasteiger partial charge in [0.2, 0.25) is 0 Å². The molecule has 0 aliphatic heterocycles. The van der Waals surface area contributed by atoms with Crippen molar-refractivity contribution in [3.05, 3.63) is 54.1 Å². The first-order valence-electron chi connectivity index (χ1n) is 8.08. The normalized spacial score (nSPS) is 12.0. The van der Waals surface area contributed by atoms with Crippen LogP contribution in [0.2, 0.25) is 0 Å². The summed E-state index contributed by atoms with van der Waals surface area (Å²) in [7, 11) is 1.63. The molecule has 0 fully saturated rings. The molecule has 1 unspecified atom stereocenters. The summed E-state index contributed by atoms with van der Waals surface area (Å²) in [6, 6.07) is 15.7. The molecule has 5 nitrogen and oxygen atoms in total.